The number of benzene rings is 2. The molecule has 1 aliphatic carbocycles. The summed E-state index contributed by atoms with van der Waals surface area (Å²) in [5.74, 6) is -1.22. The molecule has 3 N–H and O–H groups in total. The Balaban J connectivity index is 1.44. The minimum atomic E-state index is -3.77. The molecule has 9 nitrogen and oxygen atoms in total. The standard InChI is InChI=1S/C34H45FN2O7S/c1-21-7-10-27-24(16-21)6-5-14-34(27)19-37(29-17-25(33(39)42-4)9-12-30(29)44-20-34)18-26-13-15-43-32(26)31(38)28(35)11-8-22(2)23(3)45(36,40)41/h7,9-12,16-17,22-23,26,31-32,38H,5-6,8,13-15,18-20H2,1-4H3,(H2,36,40,41)/b28-11-/t22-,23+,26-,31?,32+,34-/m0/s1. The second-order valence-corrected chi connectivity index (χ2v) is 15.0. The van der Waals surface area contributed by atoms with Crippen LogP contribution in [-0.4, -0.2) is 70.4 Å². The maximum Gasteiger partial charge on any atom is 0.337 e. The Labute approximate surface area is 265 Å². The second kappa shape index (κ2) is 13.4. The van der Waals surface area contributed by atoms with E-state index in [1.54, 1.807) is 25.1 Å². The number of hydrogen-bond donors (Lipinski definition) is 2. The van der Waals surface area contributed by atoms with Crippen molar-refractivity contribution >= 4 is 21.7 Å². The van der Waals surface area contributed by atoms with E-state index in [2.05, 4.69) is 30.0 Å². The smallest absolute Gasteiger partial charge is 0.337 e. The first-order chi connectivity index (χ1) is 21.3. The molecule has 2 aromatic rings. The molecule has 2 aromatic carbocycles. The fraction of sp³-hybridized carbons (Fsp3) is 0.559. The lowest BCUT2D eigenvalue weighted by atomic mass is 9.69. The minimum Gasteiger partial charge on any atom is -0.490 e. The van der Waals surface area contributed by atoms with Gasteiger partial charge in [0, 0.05) is 31.0 Å². The zero-order chi connectivity index (χ0) is 32.5. The summed E-state index contributed by atoms with van der Waals surface area (Å²) in [7, 11) is -2.42. The molecule has 0 amide bonds. The minimum absolute atomic E-state index is 0.104. The van der Waals surface area contributed by atoms with Crippen LogP contribution in [0.5, 0.6) is 5.75 Å². The van der Waals surface area contributed by atoms with E-state index in [0.717, 1.165) is 24.9 Å². The monoisotopic (exact) mass is 644 g/mol. The SMILES string of the molecule is COC(=O)c1ccc2c(c1)N(C[C@@H]1CCO[C@H]1C(O)/C(F)=C/C[C@H](C)[C@@H](C)S(N)(=O)=O)C[C@@]1(CCCc3cc(C)ccc31)CO2. The van der Waals surface area contributed by atoms with Crippen molar-refractivity contribution in [3.8, 4) is 5.75 Å². The Morgan fingerprint density at radius 1 is 1.27 bits per heavy atom. The van der Waals surface area contributed by atoms with Crippen LogP contribution in [0, 0.1) is 18.8 Å². The third-order valence-electron chi connectivity index (χ3n) is 9.97. The number of halogens is 1. The molecule has 45 heavy (non-hydrogen) atoms. The number of anilines is 1. The second-order valence-electron chi connectivity index (χ2n) is 13.1. The van der Waals surface area contributed by atoms with Gasteiger partial charge in [0.2, 0.25) is 10.0 Å². The zero-order valence-electron chi connectivity index (χ0n) is 26.5. The van der Waals surface area contributed by atoms with E-state index in [0.29, 0.717) is 44.0 Å². The molecule has 1 spiro atoms. The van der Waals surface area contributed by atoms with Crippen LogP contribution in [0.1, 0.15) is 66.6 Å². The van der Waals surface area contributed by atoms with Gasteiger partial charge in [0.15, 0.2) is 0 Å². The van der Waals surface area contributed by atoms with Gasteiger partial charge in [0.05, 0.1) is 36.3 Å². The molecule has 5 rings (SSSR count). The van der Waals surface area contributed by atoms with Crippen molar-refractivity contribution in [2.75, 3.05) is 38.3 Å². The molecule has 1 fully saturated rings. The predicted octanol–water partition coefficient (Wildman–Crippen LogP) is 4.58. The summed E-state index contributed by atoms with van der Waals surface area (Å²) >= 11 is 0. The number of nitrogens with two attached hydrogens (primary N) is 1. The molecule has 6 atom stereocenters. The topological polar surface area (TPSA) is 128 Å². The summed E-state index contributed by atoms with van der Waals surface area (Å²) in [6, 6.07) is 11.9. The van der Waals surface area contributed by atoms with Crippen LogP contribution in [0.15, 0.2) is 48.3 Å². The molecule has 0 saturated carbocycles. The van der Waals surface area contributed by atoms with Crippen LogP contribution in [-0.2, 0) is 31.3 Å². The molecule has 0 bridgehead atoms. The number of allylic oxidation sites excluding steroid dienone is 1. The van der Waals surface area contributed by atoms with E-state index in [4.69, 9.17) is 19.3 Å². The predicted molar refractivity (Wildman–Crippen MR) is 171 cm³/mol. The van der Waals surface area contributed by atoms with Crippen molar-refractivity contribution in [1.29, 1.82) is 0 Å². The number of primary sulfonamides is 1. The highest BCUT2D eigenvalue weighted by Gasteiger charge is 2.44. The third kappa shape index (κ3) is 7.06. The number of sulfonamides is 1. The summed E-state index contributed by atoms with van der Waals surface area (Å²) in [4.78, 5) is 14.7. The van der Waals surface area contributed by atoms with Gasteiger partial charge in [-0.1, -0.05) is 30.7 Å². The molecule has 1 unspecified atom stereocenters. The van der Waals surface area contributed by atoms with Crippen LogP contribution in [0.4, 0.5) is 10.1 Å². The number of rotatable bonds is 9. The largest absolute Gasteiger partial charge is 0.490 e. The molecule has 0 radical (unpaired) electrons. The van der Waals surface area contributed by atoms with E-state index >= 15 is 4.39 Å². The number of nitrogens with zero attached hydrogens (tertiary/aromatic N) is 1. The Kier molecular flexibility index (Phi) is 9.93. The van der Waals surface area contributed by atoms with Crippen molar-refractivity contribution in [2.24, 2.45) is 17.0 Å². The summed E-state index contributed by atoms with van der Waals surface area (Å²) < 4.78 is 56.2. The van der Waals surface area contributed by atoms with Crippen molar-refractivity contribution in [2.45, 2.75) is 75.7 Å². The molecule has 2 heterocycles. The van der Waals surface area contributed by atoms with Crippen LogP contribution >= 0.6 is 0 Å². The van der Waals surface area contributed by atoms with Gasteiger partial charge in [-0.15, -0.1) is 0 Å². The average Bonchev–Trinajstić information content (AvgIpc) is 3.42. The maximum atomic E-state index is 15.4. The Morgan fingerprint density at radius 2 is 2.04 bits per heavy atom. The van der Waals surface area contributed by atoms with Gasteiger partial charge >= 0.3 is 5.97 Å². The molecule has 2 aliphatic heterocycles. The van der Waals surface area contributed by atoms with E-state index in [1.807, 2.05) is 0 Å². The van der Waals surface area contributed by atoms with Crippen LogP contribution in [0.3, 0.4) is 0 Å². The number of carbonyl (C=O) groups is 1. The van der Waals surface area contributed by atoms with Crippen molar-refractivity contribution in [1.82, 2.24) is 0 Å². The van der Waals surface area contributed by atoms with Gasteiger partial charge in [-0.25, -0.2) is 22.7 Å². The third-order valence-corrected chi connectivity index (χ3v) is 11.5. The number of methoxy groups -OCH3 is 1. The number of fused-ring (bicyclic) bond motifs is 3. The lowest BCUT2D eigenvalue weighted by Gasteiger charge is -2.41. The summed E-state index contributed by atoms with van der Waals surface area (Å²) in [5.41, 5.74) is 4.64. The number of aryl methyl sites for hydroxylation is 2. The first-order valence-electron chi connectivity index (χ1n) is 15.7. The Hall–Kier alpha value is -2.99. The van der Waals surface area contributed by atoms with Crippen molar-refractivity contribution in [3.63, 3.8) is 0 Å². The van der Waals surface area contributed by atoms with Crippen molar-refractivity contribution < 1.29 is 36.9 Å². The summed E-state index contributed by atoms with van der Waals surface area (Å²) in [5, 5.41) is 15.5. The molecule has 0 aromatic heterocycles. The summed E-state index contributed by atoms with van der Waals surface area (Å²) in [6.07, 6.45) is 2.59. The first-order valence-corrected chi connectivity index (χ1v) is 17.3. The lowest BCUT2D eigenvalue weighted by Crippen LogP contribution is -2.48. The highest BCUT2D eigenvalue weighted by atomic mass is 32.2. The number of esters is 1. The highest BCUT2D eigenvalue weighted by Crippen LogP contribution is 2.45. The molecular weight excluding hydrogens is 599 g/mol. The quantitative estimate of drug-likeness (QED) is 0.380. The number of hydrogen-bond acceptors (Lipinski definition) is 8. The van der Waals surface area contributed by atoms with E-state index < -0.39 is 45.2 Å². The van der Waals surface area contributed by atoms with Gasteiger partial charge in [0.25, 0.3) is 0 Å². The molecule has 3 aliphatic rings. The number of ether oxygens (including phenoxy) is 3. The maximum absolute atomic E-state index is 15.4. The number of aliphatic hydroxyl groups excluding tert-OH is 1. The van der Waals surface area contributed by atoms with Crippen LogP contribution < -0.4 is 14.8 Å². The Morgan fingerprint density at radius 3 is 2.78 bits per heavy atom. The zero-order valence-corrected chi connectivity index (χ0v) is 27.3. The van der Waals surface area contributed by atoms with Crippen LogP contribution in [0.2, 0.25) is 0 Å². The number of aliphatic hydroxyl groups is 1. The van der Waals surface area contributed by atoms with Crippen molar-refractivity contribution in [3.05, 3.63) is 70.6 Å². The van der Waals surface area contributed by atoms with Gasteiger partial charge in [-0.05, 0) is 87.3 Å². The normalized spacial score (nSPS) is 25.5. The highest BCUT2D eigenvalue weighted by molar-refractivity contribution is 7.89. The van der Waals surface area contributed by atoms with E-state index in [1.165, 1.54) is 36.8 Å². The fourth-order valence-electron chi connectivity index (χ4n) is 7.09. The molecular formula is C34H45FN2O7S. The summed E-state index contributed by atoms with van der Waals surface area (Å²) in [6.45, 7) is 7.17. The average molecular weight is 645 g/mol. The fourth-order valence-corrected chi connectivity index (χ4v) is 7.85. The molecule has 1 saturated heterocycles. The van der Waals surface area contributed by atoms with E-state index in [-0.39, 0.29) is 17.8 Å². The molecule has 246 valence electrons. The molecule has 11 heteroatoms. The first kappa shape index (κ1) is 33.4. The van der Waals surface area contributed by atoms with Gasteiger partial charge < -0.3 is 24.2 Å². The van der Waals surface area contributed by atoms with Crippen LogP contribution in [0.25, 0.3) is 0 Å². The lowest BCUT2D eigenvalue weighted by molar-refractivity contribution is -0.00974. The number of carbonyl (C=O) groups excluding carboxylic acids is 1. The Bertz CT molecular complexity index is 1550. The van der Waals surface area contributed by atoms with Gasteiger partial charge in [-0.2, -0.15) is 0 Å². The van der Waals surface area contributed by atoms with Gasteiger partial charge in [0.1, 0.15) is 17.7 Å². The van der Waals surface area contributed by atoms with Gasteiger partial charge in [-0.3, -0.25) is 0 Å². The van der Waals surface area contributed by atoms with E-state index in [9.17, 15) is 18.3 Å².